The predicted molar refractivity (Wildman–Crippen MR) is 36.3 cm³/mol. The Balaban J connectivity index is 2.55. The van der Waals surface area contributed by atoms with Crippen LogP contribution in [0.5, 0.6) is 0 Å². The van der Waals surface area contributed by atoms with Crippen molar-refractivity contribution >= 4 is 0 Å². The van der Waals surface area contributed by atoms with Crippen LogP contribution in [0, 0.1) is 5.92 Å². The lowest BCUT2D eigenvalue weighted by Gasteiger charge is -2.03. The highest BCUT2D eigenvalue weighted by Crippen LogP contribution is 2.17. The zero-order chi connectivity index (χ0) is 6.85. The first-order valence-electron chi connectivity index (χ1n) is 3.03. The van der Waals surface area contributed by atoms with Crippen molar-refractivity contribution < 1.29 is 4.74 Å². The van der Waals surface area contributed by atoms with Gasteiger partial charge in [-0.25, -0.2) is 0 Å². The van der Waals surface area contributed by atoms with Gasteiger partial charge in [0.2, 0.25) is 0 Å². The molecule has 0 bridgehead atoms. The van der Waals surface area contributed by atoms with Crippen LogP contribution in [0.3, 0.4) is 0 Å². The summed E-state index contributed by atoms with van der Waals surface area (Å²) in [7, 11) is 0. The van der Waals surface area contributed by atoms with Crippen LogP contribution in [0.1, 0.15) is 13.8 Å². The zero-order valence-corrected chi connectivity index (χ0v) is 5.77. The number of nitrogens with one attached hydrogen (secondary N) is 1. The second-order valence-corrected chi connectivity index (χ2v) is 2.37. The van der Waals surface area contributed by atoms with Crippen LogP contribution in [0.25, 0.3) is 0 Å². The minimum absolute atomic E-state index is 0.441. The van der Waals surface area contributed by atoms with Crippen molar-refractivity contribution in [3.05, 3.63) is 24.4 Å². The maximum atomic E-state index is 5.18. The van der Waals surface area contributed by atoms with Gasteiger partial charge in [-0.3, -0.25) is 0 Å². The van der Waals surface area contributed by atoms with Gasteiger partial charge in [-0.2, -0.15) is 0 Å². The largest absolute Gasteiger partial charge is 0.444 e. The first-order chi connectivity index (χ1) is 4.20. The van der Waals surface area contributed by atoms with Crippen LogP contribution in [0.4, 0.5) is 0 Å². The van der Waals surface area contributed by atoms with Crippen LogP contribution in [-0.4, -0.2) is 0 Å². The molecular weight excluding hydrogens is 114 g/mol. The topological polar surface area (TPSA) is 21.3 Å². The highest BCUT2D eigenvalue weighted by molar-refractivity contribution is 5.08. The maximum absolute atomic E-state index is 5.18. The van der Waals surface area contributed by atoms with E-state index in [4.69, 9.17) is 4.74 Å². The molecule has 0 fully saturated rings. The van der Waals surface area contributed by atoms with Gasteiger partial charge in [0.25, 0.3) is 0 Å². The third-order valence-electron chi connectivity index (χ3n) is 1.19. The Morgan fingerprint density at radius 3 is 2.56 bits per heavy atom. The lowest BCUT2D eigenvalue weighted by Crippen LogP contribution is -1.95. The highest BCUT2D eigenvalue weighted by atomic mass is 16.5. The van der Waals surface area contributed by atoms with Crippen LogP contribution in [-0.2, 0) is 4.74 Å². The van der Waals surface area contributed by atoms with Gasteiger partial charge in [0.1, 0.15) is 5.76 Å². The molecule has 1 N–H and O–H groups in total. The van der Waals surface area contributed by atoms with Crippen LogP contribution >= 0.6 is 0 Å². The van der Waals surface area contributed by atoms with Gasteiger partial charge < -0.3 is 10.1 Å². The molecule has 1 rings (SSSR count). The van der Waals surface area contributed by atoms with Gasteiger partial charge in [-0.15, -0.1) is 0 Å². The molecule has 0 atom stereocenters. The van der Waals surface area contributed by atoms with E-state index in [9.17, 15) is 0 Å². The summed E-state index contributed by atoms with van der Waals surface area (Å²) in [4.78, 5) is 0. The number of allylic oxidation sites excluding steroid dienone is 1. The molecule has 1 aliphatic rings. The summed E-state index contributed by atoms with van der Waals surface area (Å²) in [5.41, 5.74) is 0. The molecule has 0 aliphatic carbocycles. The second kappa shape index (κ2) is 2.13. The molecule has 0 spiro atoms. The van der Waals surface area contributed by atoms with Crippen molar-refractivity contribution in [2.75, 3.05) is 0 Å². The normalized spacial score (nSPS) is 17.2. The molecule has 2 heteroatoms. The fraction of sp³-hybridized carbons (Fsp3) is 0.429. The Morgan fingerprint density at radius 1 is 1.67 bits per heavy atom. The Morgan fingerprint density at radius 2 is 2.33 bits per heavy atom. The van der Waals surface area contributed by atoms with Crippen LogP contribution < -0.4 is 5.32 Å². The molecule has 0 amide bonds. The monoisotopic (exact) mass is 125 g/mol. The molecule has 0 aromatic carbocycles. The third-order valence-corrected chi connectivity index (χ3v) is 1.19. The Kier molecular flexibility index (Phi) is 1.47. The summed E-state index contributed by atoms with van der Waals surface area (Å²) in [6, 6.07) is 0. The average molecular weight is 125 g/mol. The smallest absolute Gasteiger partial charge is 0.189 e. The first kappa shape index (κ1) is 6.20. The Hall–Kier alpha value is -0.920. The predicted octanol–water partition coefficient (Wildman–Crippen LogP) is 1.57. The van der Waals surface area contributed by atoms with Crippen molar-refractivity contribution in [2.45, 2.75) is 13.8 Å². The van der Waals surface area contributed by atoms with Crippen molar-refractivity contribution in [3.63, 3.8) is 0 Å². The van der Waals surface area contributed by atoms with E-state index in [2.05, 4.69) is 25.7 Å². The third kappa shape index (κ3) is 1.25. The summed E-state index contributed by atoms with van der Waals surface area (Å²) >= 11 is 0. The van der Waals surface area contributed by atoms with Gasteiger partial charge >= 0.3 is 0 Å². The standard InChI is InChI=1S/C7H11NO/c1-5(2)7-4-8-6(3)9-7/h4-5,8H,3H2,1-2H3. The van der Waals surface area contributed by atoms with Crippen LogP contribution in [0.15, 0.2) is 24.4 Å². The van der Waals surface area contributed by atoms with E-state index in [1.165, 1.54) is 0 Å². The van der Waals surface area contributed by atoms with Crippen molar-refractivity contribution in [1.82, 2.24) is 5.32 Å². The van der Waals surface area contributed by atoms with E-state index in [1.807, 2.05) is 6.20 Å². The average Bonchev–Trinajstić information content (AvgIpc) is 2.14. The van der Waals surface area contributed by atoms with Gasteiger partial charge in [-0.1, -0.05) is 13.8 Å². The van der Waals surface area contributed by atoms with Gasteiger partial charge in [0.05, 0.1) is 0 Å². The van der Waals surface area contributed by atoms with Crippen LogP contribution in [0.2, 0.25) is 0 Å². The molecule has 0 saturated heterocycles. The van der Waals surface area contributed by atoms with E-state index < -0.39 is 0 Å². The Labute approximate surface area is 55.2 Å². The van der Waals surface area contributed by atoms with E-state index in [1.54, 1.807) is 0 Å². The lowest BCUT2D eigenvalue weighted by atomic mass is 10.2. The summed E-state index contributed by atoms with van der Waals surface area (Å²) in [6.07, 6.45) is 1.84. The molecule has 0 aromatic heterocycles. The molecule has 0 radical (unpaired) electrons. The van der Waals surface area contributed by atoms with Crippen molar-refractivity contribution in [1.29, 1.82) is 0 Å². The number of ether oxygens (including phenoxy) is 1. The van der Waals surface area contributed by atoms with Gasteiger partial charge in [0.15, 0.2) is 5.88 Å². The Bertz CT molecular complexity index is 158. The quantitative estimate of drug-likeness (QED) is 0.574. The number of rotatable bonds is 1. The molecule has 0 saturated carbocycles. The summed E-state index contributed by atoms with van der Waals surface area (Å²) < 4.78 is 5.18. The number of hydrogen-bond donors (Lipinski definition) is 1. The van der Waals surface area contributed by atoms with Gasteiger partial charge in [0, 0.05) is 12.1 Å². The molecule has 9 heavy (non-hydrogen) atoms. The maximum Gasteiger partial charge on any atom is 0.189 e. The molecule has 1 heterocycles. The lowest BCUT2D eigenvalue weighted by molar-refractivity contribution is 0.280. The van der Waals surface area contributed by atoms with E-state index in [-0.39, 0.29) is 0 Å². The first-order valence-corrected chi connectivity index (χ1v) is 3.03. The molecule has 1 aliphatic heterocycles. The molecular formula is C7H11NO. The number of hydrogen-bond acceptors (Lipinski definition) is 2. The zero-order valence-electron chi connectivity index (χ0n) is 5.77. The fourth-order valence-corrected chi connectivity index (χ4v) is 0.637. The molecule has 50 valence electrons. The fourth-order valence-electron chi connectivity index (χ4n) is 0.637. The SMILES string of the molecule is C=C1NC=C(C(C)C)O1. The van der Waals surface area contributed by atoms with E-state index >= 15 is 0 Å². The second-order valence-electron chi connectivity index (χ2n) is 2.37. The summed E-state index contributed by atoms with van der Waals surface area (Å²) in [5, 5.41) is 2.87. The van der Waals surface area contributed by atoms with Crippen molar-refractivity contribution in [2.24, 2.45) is 5.92 Å². The minimum Gasteiger partial charge on any atom is -0.444 e. The molecule has 0 aromatic rings. The van der Waals surface area contributed by atoms with Gasteiger partial charge in [-0.05, 0) is 6.58 Å². The minimum atomic E-state index is 0.441. The van der Waals surface area contributed by atoms with E-state index in [0.29, 0.717) is 11.8 Å². The van der Waals surface area contributed by atoms with E-state index in [0.717, 1.165) is 5.76 Å². The summed E-state index contributed by atoms with van der Waals surface area (Å²) in [5.74, 6) is 2.02. The highest BCUT2D eigenvalue weighted by Gasteiger charge is 2.11. The molecule has 2 nitrogen and oxygen atoms in total. The summed E-state index contributed by atoms with van der Waals surface area (Å²) in [6.45, 7) is 7.75. The molecule has 0 unspecified atom stereocenters. The van der Waals surface area contributed by atoms with Crippen molar-refractivity contribution in [3.8, 4) is 0 Å².